The number of ether oxygens (including phenoxy) is 2. The predicted octanol–water partition coefficient (Wildman–Crippen LogP) is 3.09. The van der Waals surface area contributed by atoms with E-state index in [-0.39, 0.29) is 5.56 Å². The molecule has 0 aliphatic rings. The Hall–Kier alpha value is -2.86. The van der Waals surface area contributed by atoms with Gasteiger partial charge in [0.05, 0.1) is 29.8 Å². The minimum absolute atomic E-state index is 0.0615. The van der Waals surface area contributed by atoms with Crippen LogP contribution in [0, 0.1) is 13.8 Å². The zero-order valence-corrected chi connectivity index (χ0v) is 15.8. The van der Waals surface area contributed by atoms with E-state index >= 15 is 0 Å². The van der Waals surface area contributed by atoms with E-state index in [2.05, 4.69) is 11.9 Å². The largest absolute Gasteiger partial charge is 0.497 e. The molecule has 2 aromatic carbocycles. The predicted molar refractivity (Wildman–Crippen MR) is 105 cm³/mol. The molecule has 2 aromatic heterocycles. The van der Waals surface area contributed by atoms with Crippen LogP contribution in [0.5, 0.6) is 11.5 Å². The van der Waals surface area contributed by atoms with Crippen LogP contribution in [0.15, 0.2) is 35.1 Å². The smallest absolute Gasteiger partial charge is 0.274 e. The van der Waals surface area contributed by atoms with Crippen LogP contribution in [-0.4, -0.2) is 23.6 Å². The van der Waals surface area contributed by atoms with E-state index in [0.29, 0.717) is 21.0 Å². The summed E-state index contributed by atoms with van der Waals surface area (Å²) in [6.07, 6.45) is 1.84. The summed E-state index contributed by atoms with van der Waals surface area (Å²) in [5, 5.41) is 0. The average Bonchev–Trinajstić information content (AvgIpc) is 3.12. The molecule has 0 saturated heterocycles. The maximum Gasteiger partial charge on any atom is 0.274 e. The summed E-state index contributed by atoms with van der Waals surface area (Å²) in [6.45, 7) is 4.09. The van der Waals surface area contributed by atoms with Gasteiger partial charge in [0.1, 0.15) is 11.5 Å². The van der Waals surface area contributed by atoms with Gasteiger partial charge in [-0.3, -0.25) is 4.79 Å². The third-order valence-corrected chi connectivity index (χ3v) is 5.55. The molecule has 4 rings (SSSR count). The number of methoxy groups -OCH3 is 2. The molecule has 0 aliphatic carbocycles. The van der Waals surface area contributed by atoms with Crippen LogP contribution in [0.3, 0.4) is 0 Å². The molecule has 132 valence electrons. The number of aromatic nitrogens is 2. The van der Waals surface area contributed by atoms with Gasteiger partial charge in [-0.05, 0) is 55.3 Å². The molecular formula is C20H18N2O3S. The van der Waals surface area contributed by atoms with Crippen molar-refractivity contribution in [3.63, 3.8) is 0 Å². The summed E-state index contributed by atoms with van der Waals surface area (Å²) in [4.78, 5) is 18.3. The van der Waals surface area contributed by atoms with Crippen molar-refractivity contribution in [3.8, 4) is 11.5 Å². The van der Waals surface area contributed by atoms with E-state index in [1.54, 1.807) is 24.7 Å². The average molecular weight is 366 g/mol. The van der Waals surface area contributed by atoms with Crippen molar-refractivity contribution in [2.45, 2.75) is 13.8 Å². The van der Waals surface area contributed by atoms with Crippen molar-refractivity contribution in [3.05, 3.63) is 61.9 Å². The van der Waals surface area contributed by atoms with Gasteiger partial charge >= 0.3 is 0 Å². The van der Waals surface area contributed by atoms with Crippen LogP contribution in [0.25, 0.3) is 22.1 Å². The Bertz CT molecular complexity index is 1250. The number of imidazole rings is 1. The number of fused-ring (bicyclic) bond motifs is 3. The SMILES string of the molecule is COc1ccc(C=c2sc3nc4cc(C)c(C)cc4n3c2=O)c(OC)c1. The zero-order valence-electron chi connectivity index (χ0n) is 15.0. The van der Waals surface area contributed by atoms with Crippen molar-refractivity contribution in [2.75, 3.05) is 14.2 Å². The second kappa shape index (κ2) is 6.14. The summed E-state index contributed by atoms with van der Waals surface area (Å²) in [5.41, 5.74) is 4.79. The fourth-order valence-corrected chi connectivity index (χ4v) is 3.98. The summed E-state index contributed by atoms with van der Waals surface area (Å²) in [7, 11) is 3.21. The monoisotopic (exact) mass is 366 g/mol. The highest BCUT2D eigenvalue weighted by atomic mass is 32.1. The molecule has 2 heterocycles. The van der Waals surface area contributed by atoms with Gasteiger partial charge in [0, 0.05) is 11.6 Å². The van der Waals surface area contributed by atoms with E-state index in [9.17, 15) is 4.79 Å². The van der Waals surface area contributed by atoms with Gasteiger partial charge in [-0.1, -0.05) is 11.3 Å². The molecule has 0 fully saturated rings. The lowest BCUT2D eigenvalue weighted by molar-refractivity contribution is 0.393. The Balaban J connectivity index is 1.96. The molecule has 0 atom stereocenters. The molecule has 6 heteroatoms. The lowest BCUT2D eigenvalue weighted by atomic mass is 10.1. The highest BCUT2D eigenvalue weighted by Crippen LogP contribution is 2.25. The van der Waals surface area contributed by atoms with Crippen molar-refractivity contribution < 1.29 is 9.47 Å². The lowest BCUT2D eigenvalue weighted by Gasteiger charge is -2.06. The van der Waals surface area contributed by atoms with Gasteiger partial charge in [0.15, 0.2) is 4.96 Å². The third-order valence-electron chi connectivity index (χ3n) is 4.58. The van der Waals surface area contributed by atoms with Crippen LogP contribution >= 0.6 is 11.3 Å². The fraction of sp³-hybridized carbons (Fsp3) is 0.200. The Kier molecular flexibility index (Phi) is 3.92. The number of rotatable bonds is 3. The number of thiazole rings is 1. The first-order chi connectivity index (χ1) is 12.5. The van der Waals surface area contributed by atoms with Crippen LogP contribution in [0.4, 0.5) is 0 Å². The van der Waals surface area contributed by atoms with Gasteiger partial charge in [-0.25, -0.2) is 9.38 Å². The molecule has 0 saturated carbocycles. The number of nitrogens with zero attached hydrogens (tertiary/aromatic N) is 2. The van der Waals surface area contributed by atoms with Crippen LogP contribution in [0.2, 0.25) is 0 Å². The molecule has 4 aromatic rings. The highest BCUT2D eigenvalue weighted by molar-refractivity contribution is 7.15. The van der Waals surface area contributed by atoms with E-state index in [4.69, 9.17) is 9.47 Å². The number of hydrogen-bond acceptors (Lipinski definition) is 5. The number of benzene rings is 2. The lowest BCUT2D eigenvalue weighted by Crippen LogP contribution is -2.22. The topological polar surface area (TPSA) is 52.8 Å². The summed E-state index contributed by atoms with van der Waals surface area (Å²) in [5.74, 6) is 1.37. The normalized spacial score (nSPS) is 12.2. The molecule has 0 aliphatic heterocycles. The first kappa shape index (κ1) is 16.6. The number of hydrogen-bond donors (Lipinski definition) is 0. The summed E-state index contributed by atoms with van der Waals surface area (Å²) < 4.78 is 13.0. The Labute approximate surface area is 154 Å². The van der Waals surface area contributed by atoms with E-state index in [1.807, 2.05) is 37.3 Å². The Morgan fingerprint density at radius 1 is 1.08 bits per heavy atom. The van der Waals surface area contributed by atoms with Gasteiger partial charge in [-0.2, -0.15) is 0 Å². The molecule has 0 unspecified atom stereocenters. The van der Waals surface area contributed by atoms with Crippen LogP contribution in [0.1, 0.15) is 16.7 Å². The van der Waals surface area contributed by atoms with E-state index in [0.717, 1.165) is 22.2 Å². The minimum Gasteiger partial charge on any atom is -0.497 e. The number of aryl methyl sites for hydroxylation is 2. The highest BCUT2D eigenvalue weighted by Gasteiger charge is 2.13. The van der Waals surface area contributed by atoms with Gasteiger partial charge in [0.2, 0.25) is 0 Å². The summed E-state index contributed by atoms with van der Waals surface area (Å²) >= 11 is 1.38. The van der Waals surface area contributed by atoms with Crippen LogP contribution < -0.4 is 19.6 Å². The molecule has 0 bridgehead atoms. The second-order valence-corrected chi connectivity index (χ2v) is 7.19. The molecule has 0 spiro atoms. The first-order valence-electron chi connectivity index (χ1n) is 8.18. The van der Waals surface area contributed by atoms with Crippen molar-refractivity contribution in [1.29, 1.82) is 0 Å². The van der Waals surface area contributed by atoms with Gasteiger partial charge in [-0.15, -0.1) is 0 Å². The molecule has 26 heavy (non-hydrogen) atoms. The maximum absolute atomic E-state index is 13.0. The second-order valence-electron chi connectivity index (χ2n) is 6.18. The van der Waals surface area contributed by atoms with Crippen LogP contribution in [-0.2, 0) is 0 Å². The Morgan fingerprint density at radius 3 is 2.58 bits per heavy atom. The third kappa shape index (κ3) is 2.54. The standard InChI is InChI=1S/C20H18N2O3S/c1-11-7-15-16(8-12(11)2)22-19(23)18(26-20(22)21-15)9-13-5-6-14(24-3)10-17(13)25-4/h5-10H,1-4H3. The molecular weight excluding hydrogens is 348 g/mol. The molecule has 0 amide bonds. The van der Waals surface area contributed by atoms with Crippen molar-refractivity contribution >= 4 is 33.4 Å². The van der Waals surface area contributed by atoms with Gasteiger partial charge in [0.25, 0.3) is 5.56 Å². The zero-order chi connectivity index (χ0) is 18.4. The molecule has 0 radical (unpaired) electrons. The Morgan fingerprint density at radius 2 is 1.85 bits per heavy atom. The van der Waals surface area contributed by atoms with E-state index in [1.165, 1.54) is 16.9 Å². The molecule has 5 nitrogen and oxygen atoms in total. The first-order valence-corrected chi connectivity index (χ1v) is 8.99. The van der Waals surface area contributed by atoms with Crippen molar-refractivity contribution in [2.24, 2.45) is 0 Å². The summed E-state index contributed by atoms with van der Waals surface area (Å²) in [6, 6.07) is 9.58. The van der Waals surface area contributed by atoms with Gasteiger partial charge < -0.3 is 9.47 Å². The van der Waals surface area contributed by atoms with E-state index < -0.39 is 0 Å². The quantitative estimate of drug-likeness (QED) is 0.559. The van der Waals surface area contributed by atoms with Crippen molar-refractivity contribution in [1.82, 2.24) is 9.38 Å². The molecule has 0 N–H and O–H groups in total. The minimum atomic E-state index is -0.0615. The maximum atomic E-state index is 13.0. The fourth-order valence-electron chi connectivity index (χ4n) is 3.00.